The van der Waals surface area contributed by atoms with Gasteiger partial charge in [-0.05, 0) is 81.2 Å². The van der Waals surface area contributed by atoms with Crippen molar-refractivity contribution in [2.24, 2.45) is 23.7 Å². The number of rotatable bonds is 11. The number of esters is 2. The Hall–Kier alpha value is -3.92. The summed E-state index contributed by atoms with van der Waals surface area (Å²) in [5.74, 6) is -3.41. The van der Waals surface area contributed by atoms with Crippen LogP contribution >= 0.6 is 0 Å². The quantitative estimate of drug-likeness (QED) is 0.0956. The summed E-state index contributed by atoms with van der Waals surface area (Å²) in [5, 5.41) is 35.0. The molecule has 404 valence electrons. The van der Waals surface area contributed by atoms with Gasteiger partial charge in [0.2, 0.25) is 0 Å². The normalized spacial score (nSPS) is 43.5. The van der Waals surface area contributed by atoms with Crippen LogP contribution in [0.4, 0.5) is 5.69 Å². The molecule has 18 heteroatoms. The Bertz CT molecular complexity index is 2240. The standard InChI is InChI=1S/C55H77NO17/c1-11-29(2)48-32(5)21-22-54(73-48)27-40-24-39(72-54)20-15-31(4)47(69-45-26-43(64-10)50(35(8)67-45)70-44-25-42(63-9)46(57)34(7)66-44)30(3)13-12-14-37-28-65-51-49(33(6)23-41(53(59)68-40)55(37,51)60)71-52(58)36-16-18-38(19-17-36)56(61)62/h12-19,23,29-30,32,34-35,39-51,57,60H,11,20-22,24-28H2,1-10H3/b13-12+,31-15+,37-14+/t29-,30-,32-,34-,35-,39+,40-,41-,42-,43-,44-,45-,46-,47-,48+,49+,50-,51+,54+,55+/m0/s1. The molecule has 1 aromatic rings. The average molecular weight is 1020 g/mol. The fourth-order valence-corrected chi connectivity index (χ4v) is 12.0. The van der Waals surface area contributed by atoms with Gasteiger partial charge in [0.25, 0.3) is 5.69 Å². The number of nitro groups is 1. The van der Waals surface area contributed by atoms with Crippen molar-refractivity contribution in [3.63, 3.8) is 0 Å². The van der Waals surface area contributed by atoms with Crippen molar-refractivity contribution in [2.45, 2.75) is 204 Å². The smallest absolute Gasteiger partial charge is 0.338 e. The van der Waals surface area contributed by atoms with Gasteiger partial charge in [-0.25, -0.2) is 4.79 Å². The van der Waals surface area contributed by atoms with Crippen LogP contribution in [0.3, 0.4) is 0 Å². The van der Waals surface area contributed by atoms with E-state index in [2.05, 4.69) is 26.8 Å². The van der Waals surface area contributed by atoms with Gasteiger partial charge in [0.1, 0.15) is 35.9 Å². The van der Waals surface area contributed by atoms with Crippen LogP contribution in [0.2, 0.25) is 0 Å². The number of aliphatic hydroxyl groups is 2. The highest BCUT2D eigenvalue weighted by Gasteiger charge is 2.61. The SMILES string of the molecule is CC[C@H](C)[C@H]1O[C@]2(CC[C@@H]1C)C[C@@H]1C[C@@H](C/C=C(\C)[C@@H](O[C@H]3C[C@H](OC)[C@@H](O[C@H]4C[C@H](OC)[C@@H](O)[C@H](C)O4)[C@H](C)O3)[C@@H](C)/C=C/C=C3\CO[C@@H]4[C@H](OC(=O)c5ccc([N+](=O)[O-])cc5)C(C)=C[C@@H](C(=O)O1)[C@]34O)O2. The largest absolute Gasteiger partial charge is 0.462 e. The topological polar surface area (TPSA) is 219 Å². The van der Waals surface area contributed by atoms with E-state index in [1.165, 1.54) is 24.3 Å². The first-order valence-corrected chi connectivity index (χ1v) is 26.2. The summed E-state index contributed by atoms with van der Waals surface area (Å²) >= 11 is 0. The Morgan fingerprint density at radius 1 is 0.932 bits per heavy atom. The van der Waals surface area contributed by atoms with Gasteiger partial charge in [-0.3, -0.25) is 14.9 Å². The molecule has 20 atom stereocenters. The van der Waals surface area contributed by atoms with Gasteiger partial charge in [0.15, 0.2) is 24.5 Å². The maximum Gasteiger partial charge on any atom is 0.338 e. The van der Waals surface area contributed by atoms with Crippen LogP contribution in [0.15, 0.2) is 71.4 Å². The molecular formula is C55H77NO17. The number of fused-ring (bicyclic) bond motifs is 2. The zero-order valence-electron chi connectivity index (χ0n) is 43.9. The maximum absolute atomic E-state index is 14.8. The predicted octanol–water partition coefficient (Wildman–Crippen LogP) is 7.37. The van der Waals surface area contributed by atoms with Crippen molar-refractivity contribution in [1.82, 2.24) is 0 Å². The molecule has 1 aliphatic carbocycles. The highest BCUT2D eigenvalue weighted by Crippen LogP contribution is 2.49. The minimum absolute atomic E-state index is 0.0680. The lowest BCUT2D eigenvalue weighted by molar-refractivity contribution is -0.384. The molecule has 73 heavy (non-hydrogen) atoms. The molecular weight excluding hydrogens is 947 g/mol. The first-order chi connectivity index (χ1) is 34.8. The number of hydrogen-bond donors (Lipinski definition) is 2. The lowest BCUT2D eigenvalue weighted by Gasteiger charge is -2.51. The Balaban J connectivity index is 1.11. The number of carbonyl (C=O) groups excluding carboxylic acids is 2. The average Bonchev–Trinajstić information content (AvgIpc) is 3.70. The summed E-state index contributed by atoms with van der Waals surface area (Å²) in [6.07, 6.45) is 5.01. The third kappa shape index (κ3) is 11.7. The first-order valence-electron chi connectivity index (χ1n) is 26.2. The molecule has 8 rings (SSSR count). The fourth-order valence-electron chi connectivity index (χ4n) is 12.0. The molecule has 2 bridgehead atoms. The molecule has 0 amide bonds. The lowest BCUT2D eigenvalue weighted by Crippen LogP contribution is -2.59. The molecule has 1 aromatic carbocycles. The summed E-state index contributed by atoms with van der Waals surface area (Å²) in [7, 11) is 3.19. The van der Waals surface area contributed by atoms with Gasteiger partial charge in [-0.1, -0.05) is 64.5 Å². The number of carbonyl (C=O) groups is 2. The lowest BCUT2D eigenvalue weighted by atomic mass is 9.70. The Kier molecular flexibility index (Phi) is 17.5. The second-order valence-corrected chi connectivity index (χ2v) is 21.5. The van der Waals surface area contributed by atoms with Gasteiger partial charge in [-0.2, -0.15) is 0 Å². The molecule has 2 N–H and O–H groups in total. The van der Waals surface area contributed by atoms with E-state index >= 15 is 0 Å². The highest BCUT2D eigenvalue weighted by atomic mass is 16.7. The molecule has 6 aliphatic heterocycles. The van der Waals surface area contributed by atoms with Gasteiger partial charge < -0.3 is 62.3 Å². The van der Waals surface area contributed by atoms with Gasteiger partial charge in [-0.15, -0.1) is 0 Å². The Morgan fingerprint density at radius 3 is 2.33 bits per heavy atom. The van der Waals surface area contributed by atoms with E-state index in [0.717, 1.165) is 18.4 Å². The van der Waals surface area contributed by atoms with E-state index in [4.69, 9.17) is 52.1 Å². The number of nitro benzene ring substituents is 1. The van der Waals surface area contributed by atoms with Crippen LogP contribution in [0.1, 0.15) is 117 Å². The monoisotopic (exact) mass is 1020 g/mol. The van der Waals surface area contributed by atoms with Gasteiger partial charge in [0.05, 0.1) is 59.8 Å². The summed E-state index contributed by atoms with van der Waals surface area (Å²) in [5.41, 5.74) is -0.356. The second-order valence-electron chi connectivity index (χ2n) is 21.5. The van der Waals surface area contributed by atoms with Crippen molar-refractivity contribution in [3.05, 3.63) is 87.0 Å². The van der Waals surface area contributed by atoms with Crippen molar-refractivity contribution in [3.8, 4) is 0 Å². The van der Waals surface area contributed by atoms with E-state index in [-0.39, 0.29) is 35.8 Å². The van der Waals surface area contributed by atoms with Crippen molar-refractivity contribution >= 4 is 17.6 Å². The molecule has 18 nitrogen and oxygen atoms in total. The van der Waals surface area contributed by atoms with Crippen molar-refractivity contribution < 1.29 is 76.8 Å². The van der Waals surface area contributed by atoms with Crippen LogP contribution < -0.4 is 0 Å². The van der Waals surface area contributed by atoms with E-state index in [1.807, 2.05) is 32.9 Å². The summed E-state index contributed by atoms with van der Waals surface area (Å²) in [4.78, 5) is 39.2. The molecule has 0 radical (unpaired) electrons. The predicted molar refractivity (Wildman–Crippen MR) is 264 cm³/mol. The number of hydrogen-bond acceptors (Lipinski definition) is 17. The second kappa shape index (κ2) is 23.1. The third-order valence-corrected chi connectivity index (χ3v) is 16.4. The zero-order chi connectivity index (χ0) is 52.5. The summed E-state index contributed by atoms with van der Waals surface area (Å²) in [6, 6.07) is 5.04. The molecule has 6 heterocycles. The highest BCUT2D eigenvalue weighted by molar-refractivity contribution is 5.90. The number of aliphatic hydroxyl groups excluding tert-OH is 1. The number of allylic oxidation sites excluding steroid dienone is 2. The minimum Gasteiger partial charge on any atom is -0.462 e. The first kappa shape index (κ1) is 55.3. The molecule has 1 spiro atoms. The van der Waals surface area contributed by atoms with Crippen molar-refractivity contribution in [1.29, 1.82) is 0 Å². The number of non-ortho nitro benzene ring substituents is 1. The molecule has 5 fully saturated rings. The number of methoxy groups -OCH3 is 2. The van der Waals surface area contributed by atoms with Gasteiger partial charge >= 0.3 is 11.9 Å². The van der Waals surface area contributed by atoms with E-state index in [0.29, 0.717) is 55.6 Å². The van der Waals surface area contributed by atoms with Crippen LogP contribution in [0.25, 0.3) is 0 Å². The van der Waals surface area contributed by atoms with Crippen LogP contribution in [0, 0.1) is 33.8 Å². The van der Waals surface area contributed by atoms with Crippen LogP contribution in [-0.4, -0.2) is 145 Å². The fraction of sp³-hybridized carbons (Fsp3) is 0.709. The Labute approximate surface area is 428 Å². The van der Waals surface area contributed by atoms with Crippen molar-refractivity contribution in [2.75, 3.05) is 20.8 Å². The van der Waals surface area contributed by atoms with Crippen LogP contribution in [0.5, 0.6) is 0 Å². The molecule has 0 saturated carbocycles. The number of ether oxygens (including phenoxy) is 11. The Morgan fingerprint density at radius 2 is 1.63 bits per heavy atom. The number of nitrogens with zero attached hydrogens (tertiary/aromatic N) is 1. The molecule has 7 aliphatic rings. The minimum atomic E-state index is -2.01. The van der Waals surface area contributed by atoms with E-state index in [9.17, 15) is 29.9 Å². The third-order valence-electron chi connectivity index (χ3n) is 16.4. The number of benzene rings is 1. The summed E-state index contributed by atoms with van der Waals surface area (Å²) < 4.78 is 70.6. The molecule has 0 unspecified atom stereocenters. The summed E-state index contributed by atoms with van der Waals surface area (Å²) in [6.45, 7) is 15.9. The van der Waals surface area contributed by atoms with Crippen LogP contribution in [-0.2, 0) is 56.9 Å². The molecule has 5 saturated heterocycles. The maximum atomic E-state index is 14.8. The zero-order valence-corrected chi connectivity index (χ0v) is 43.9. The van der Waals surface area contributed by atoms with E-state index < -0.39 is 114 Å². The molecule has 0 aromatic heterocycles. The van der Waals surface area contributed by atoms with E-state index in [1.54, 1.807) is 40.2 Å². The van der Waals surface area contributed by atoms with Gasteiger partial charge in [0, 0.05) is 64.4 Å².